The van der Waals surface area contributed by atoms with Crippen LogP contribution in [0.1, 0.15) is 17.0 Å². The van der Waals surface area contributed by atoms with Crippen LogP contribution >= 0.6 is 24.0 Å². The second-order valence-corrected chi connectivity index (χ2v) is 4.50. The lowest BCUT2D eigenvalue weighted by molar-refractivity contribution is 0.702. The molecule has 0 bridgehead atoms. The van der Waals surface area contributed by atoms with E-state index >= 15 is 0 Å². The van der Waals surface area contributed by atoms with Crippen LogP contribution in [-0.4, -0.2) is 20.7 Å². The molecule has 0 unspecified atom stereocenters. The number of aliphatic imine (C=N–C) groups is 1. The van der Waals surface area contributed by atoms with Gasteiger partial charge in [0.25, 0.3) is 0 Å². The number of aromatic nitrogens is 3. The van der Waals surface area contributed by atoms with Crippen molar-refractivity contribution < 1.29 is 0 Å². The summed E-state index contributed by atoms with van der Waals surface area (Å²) in [4.78, 5) is 8.33. The molecule has 1 aromatic heterocycles. The Morgan fingerprint density at radius 3 is 2.50 bits per heavy atom. The first-order valence-corrected chi connectivity index (χ1v) is 6.02. The molecule has 0 radical (unpaired) electrons. The quantitative estimate of drug-likeness (QED) is 0.480. The Kier molecular flexibility index (Phi) is 5.93. The van der Waals surface area contributed by atoms with Gasteiger partial charge in [0.2, 0.25) is 0 Å². The van der Waals surface area contributed by atoms with Gasteiger partial charge in [-0.2, -0.15) is 5.10 Å². The van der Waals surface area contributed by atoms with Crippen molar-refractivity contribution in [2.45, 2.75) is 20.4 Å². The molecule has 2 rings (SSSR count). The fourth-order valence-electron chi connectivity index (χ4n) is 1.85. The van der Waals surface area contributed by atoms with Crippen LogP contribution in [0.3, 0.4) is 0 Å². The number of hydrogen-bond donors (Lipinski definition) is 2. The van der Waals surface area contributed by atoms with E-state index in [1.165, 1.54) is 17.5 Å². The van der Waals surface area contributed by atoms with Crippen LogP contribution in [-0.2, 0) is 13.6 Å². The van der Waals surface area contributed by atoms with Gasteiger partial charge in [0, 0.05) is 12.7 Å². The number of anilines is 1. The molecule has 3 N–H and O–H groups in total. The van der Waals surface area contributed by atoms with Gasteiger partial charge in [0.05, 0.1) is 0 Å². The van der Waals surface area contributed by atoms with Crippen molar-refractivity contribution in [3.63, 3.8) is 0 Å². The average Bonchev–Trinajstić information content (AvgIpc) is 2.71. The molecule has 0 saturated heterocycles. The predicted molar refractivity (Wildman–Crippen MR) is 91.3 cm³/mol. The highest BCUT2D eigenvalue weighted by molar-refractivity contribution is 14.0. The largest absolute Gasteiger partial charge is 0.370 e. The van der Waals surface area contributed by atoms with Crippen molar-refractivity contribution in [1.29, 1.82) is 0 Å². The molecule has 1 aromatic carbocycles. The molecular formula is C13H19IN6. The highest BCUT2D eigenvalue weighted by Crippen LogP contribution is 2.13. The molecule has 0 atom stereocenters. The summed E-state index contributed by atoms with van der Waals surface area (Å²) in [6, 6.07) is 6.16. The number of nitrogens with two attached hydrogens (primary N) is 1. The van der Waals surface area contributed by atoms with Crippen LogP contribution in [0.4, 0.5) is 5.69 Å². The summed E-state index contributed by atoms with van der Waals surface area (Å²) in [6.45, 7) is 4.50. The summed E-state index contributed by atoms with van der Waals surface area (Å²) in [7, 11) is 1.82. The van der Waals surface area contributed by atoms with Crippen molar-refractivity contribution in [2.24, 2.45) is 17.8 Å². The molecule has 0 aliphatic carbocycles. The maximum atomic E-state index is 5.85. The Balaban J connectivity index is 0.00000200. The number of benzene rings is 1. The van der Waals surface area contributed by atoms with Gasteiger partial charge in [0.15, 0.2) is 5.96 Å². The number of guanidine groups is 1. The van der Waals surface area contributed by atoms with Gasteiger partial charge >= 0.3 is 0 Å². The lowest BCUT2D eigenvalue weighted by atomic mass is 10.1. The zero-order valence-electron chi connectivity index (χ0n) is 11.8. The van der Waals surface area contributed by atoms with Gasteiger partial charge in [-0.05, 0) is 37.1 Å². The summed E-state index contributed by atoms with van der Waals surface area (Å²) >= 11 is 0. The van der Waals surface area contributed by atoms with Crippen LogP contribution in [0.15, 0.2) is 29.5 Å². The Labute approximate surface area is 135 Å². The molecule has 0 saturated carbocycles. The van der Waals surface area contributed by atoms with Crippen LogP contribution < -0.4 is 11.1 Å². The Hall–Kier alpha value is -1.64. The molecule has 20 heavy (non-hydrogen) atoms. The van der Waals surface area contributed by atoms with E-state index in [0.29, 0.717) is 12.5 Å². The summed E-state index contributed by atoms with van der Waals surface area (Å²) < 4.78 is 1.67. The minimum atomic E-state index is 0. The Morgan fingerprint density at radius 1 is 1.30 bits per heavy atom. The fraction of sp³-hybridized carbons (Fsp3) is 0.308. The van der Waals surface area contributed by atoms with E-state index in [0.717, 1.165) is 11.5 Å². The predicted octanol–water partition coefficient (Wildman–Crippen LogP) is 1.98. The van der Waals surface area contributed by atoms with Crippen LogP contribution in [0.2, 0.25) is 0 Å². The van der Waals surface area contributed by atoms with E-state index in [-0.39, 0.29) is 24.0 Å². The SMILES string of the molecule is Cc1cc(C)cc(NC(N)=NCc2ncnn2C)c1.I. The molecule has 0 fully saturated rings. The van der Waals surface area contributed by atoms with Gasteiger partial charge in [-0.3, -0.25) is 4.68 Å². The standard InChI is InChI=1S/C13H18N6.HI/c1-9-4-10(2)6-11(5-9)18-13(14)15-7-12-16-8-17-19(12)3;/h4-6,8H,7H2,1-3H3,(H3,14,15,18);1H. The lowest BCUT2D eigenvalue weighted by Gasteiger charge is -2.07. The van der Waals surface area contributed by atoms with E-state index in [2.05, 4.69) is 26.5 Å². The van der Waals surface area contributed by atoms with Crippen LogP contribution in [0, 0.1) is 13.8 Å². The van der Waals surface area contributed by atoms with Crippen molar-refractivity contribution in [3.05, 3.63) is 41.5 Å². The van der Waals surface area contributed by atoms with E-state index < -0.39 is 0 Å². The molecule has 108 valence electrons. The molecule has 2 aromatic rings. The molecule has 1 heterocycles. The maximum absolute atomic E-state index is 5.85. The number of nitrogens with zero attached hydrogens (tertiary/aromatic N) is 4. The van der Waals surface area contributed by atoms with E-state index in [9.17, 15) is 0 Å². The summed E-state index contributed by atoms with van der Waals surface area (Å²) in [5, 5.41) is 7.05. The van der Waals surface area contributed by atoms with Crippen LogP contribution in [0.5, 0.6) is 0 Å². The van der Waals surface area contributed by atoms with Gasteiger partial charge in [-0.1, -0.05) is 6.07 Å². The van der Waals surface area contributed by atoms with Crippen molar-refractivity contribution in [2.75, 3.05) is 5.32 Å². The molecule has 0 amide bonds. The first kappa shape index (κ1) is 16.4. The Bertz CT molecular complexity index is 584. The highest BCUT2D eigenvalue weighted by atomic mass is 127. The molecule has 0 aliphatic rings. The molecular weight excluding hydrogens is 367 g/mol. The lowest BCUT2D eigenvalue weighted by Crippen LogP contribution is -2.23. The highest BCUT2D eigenvalue weighted by Gasteiger charge is 2.00. The number of aryl methyl sites for hydroxylation is 3. The van der Waals surface area contributed by atoms with Crippen molar-refractivity contribution >= 4 is 35.6 Å². The second kappa shape index (κ2) is 7.22. The Morgan fingerprint density at radius 2 is 1.95 bits per heavy atom. The van der Waals surface area contributed by atoms with Crippen LogP contribution in [0.25, 0.3) is 0 Å². The minimum absolute atomic E-state index is 0. The average molecular weight is 386 g/mol. The summed E-state index contributed by atoms with van der Waals surface area (Å²) in [6.07, 6.45) is 1.50. The normalized spacial score (nSPS) is 11.1. The third-order valence-electron chi connectivity index (χ3n) is 2.69. The molecule has 6 nitrogen and oxygen atoms in total. The van der Waals surface area contributed by atoms with Gasteiger partial charge < -0.3 is 11.1 Å². The topological polar surface area (TPSA) is 81.1 Å². The van der Waals surface area contributed by atoms with E-state index in [1.807, 2.05) is 33.0 Å². The zero-order chi connectivity index (χ0) is 13.8. The first-order valence-electron chi connectivity index (χ1n) is 6.02. The minimum Gasteiger partial charge on any atom is -0.370 e. The molecule has 0 spiro atoms. The van der Waals surface area contributed by atoms with Gasteiger partial charge in [-0.25, -0.2) is 9.98 Å². The number of nitrogens with one attached hydrogen (secondary N) is 1. The second-order valence-electron chi connectivity index (χ2n) is 4.50. The number of hydrogen-bond acceptors (Lipinski definition) is 3. The van der Waals surface area contributed by atoms with E-state index in [1.54, 1.807) is 4.68 Å². The van der Waals surface area contributed by atoms with E-state index in [4.69, 9.17) is 5.73 Å². The number of rotatable bonds is 3. The monoisotopic (exact) mass is 386 g/mol. The smallest absolute Gasteiger partial charge is 0.193 e. The third-order valence-corrected chi connectivity index (χ3v) is 2.69. The number of halogens is 1. The zero-order valence-corrected chi connectivity index (χ0v) is 14.1. The molecule has 0 aliphatic heterocycles. The van der Waals surface area contributed by atoms with Gasteiger partial charge in [0.1, 0.15) is 18.7 Å². The van der Waals surface area contributed by atoms with Crippen molar-refractivity contribution in [1.82, 2.24) is 14.8 Å². The molecule has 7 heteroatoms. The summed E-state index contributed by atoms with van der Waals surface area (Å²) in [5.41, 5.74) is 9.16. The first-order chi connectivity index (χ1) is 9.04. The summed E-state index contributed by atoms with van der Waals surface area (Å²) in [5.74, 6) is 1.14. The van der Waals surface area contributed by atoms with Gasteiger partial charge in [-0.15, -0.1) is 24.0 Å². The third kappa shape index (κ3) is 4.48. The van der Waals surface area contributed by atoms with Crippen molar-refractivity contribution in [3.8, 4) is 0 Å². The maximum Gasteiger partial charge on any atom is 0.193 e. The fourth-order valence-corrected chi connectivity index (χ4v) is 1.85.